The minimum atomic E-state index is -0.163. The number of aromatic nitrogens is 2. The molecule has 9 heteroatoms. The number of allylic oxidation sites excluding steroid dienone is 1. The lowest BCUT2D eigenvalue weighted by atomic mass is 10.1. The maximum absolute atomic E-state index is 12.5. The number of rotatable bonds is 5. The van der Waals surface area contributed by atoms with Gasteiger partial charge < -0.3 is 20.9 Å². The highest BCUT2D eigenvalue weighted by molar-refractivity contribution is 5.92. The summed E-state index contributed by atoms with van der Waals surface area (Å²) >= 11 is 0. The van der Waals surface area contributed by atoms with Crippen molar-refractivity contribution in [2.24, 2.45) is 0 Å². The van der Waals surface area contributed by atoms with Crippen molar-refractivity contribution in [3.05, 3.63) is 47.5 Å². The maximum atomic E-state index is 12.5. The van der Waals surface area contributed by atoms with Crippen molar-refractivity contribution in [1.29, 1.82) is 5.26 Å². The Morgan fingerprint density at radius 1 is 1.35 bits per heavy atom. The molecule has 0 saturated carbocycles. The molecule has 4 rings (SSSR count). The number of hydrogen-bond donors (Lipinski definition) is 4. The minimum absolute atomic E-state index is 0.0785. The van der Waals surface area contributed by atoms with Crippen LogP contribution in [0.5, 0.6) is 0 Å². The van der Waals surface area contributed by atoms with Crippen LogP contribution in [0.25, 0.3) is 5.57 Å². The molecule has 9 nitrogen and oxygen atoms in total. The normalized spacial score (nSPS) is 19.3. The number of hydrogen-bond acceptors (Lipinski definition) is 8. The van der Waals surface area contributed by atoms with E-state index in [0.717, 1.165) is 36.6 Å². The highest BCUT2D eigenvalue weighted by Gasteiger charge is 2.27. The highest BCUT2D eigenvalue weighted by atomic mass is 16.1. The van der Waals surface area contributed by atoms with Crippen LogP contribution in [0.1, 0.15) is 24.6 Å². The zero-order valence-electron chi connectivity index (χ0n) is 17.7. The number of piperazine rings is 1. The third-order valence-electron chi connectivity index (χ3n) is 5.40. The van der Waals surface area contributed by atoms with Crippen LogP contribution in [0.4, 0.5) is 17.3 Å². The summed E-state index contributed by atoms with van der Waals surface area (Å²) in [5.74, 6) is 0.716. The van der Waals surface area contributed by atoms with E-state index < -0.39 is 0 Å². The molecule has 1 saturated heterocycles. The molecule has 4 N–H and O–H groups in total. The molecule has 0 bridgehead atoms. The molecule has 31 heavy (non-hydrogen) atoms. The van der Waals surface area contributed by atoms with Crippen LogP contribution in [0, 0.1) is 18.3 Å². The zero-order valence-corrected chi connectivity index (χ0v) is 17.7. The van der Waals surface area contributed by atoms with E-state index in [1.54, 1.807) is 6.20 Å². The van der Waals surface area contributed by atoms with Crippen LogP contribution in [-0.2, 0) is 4.79 Å². The summed E-state index contributed by atoms with van der Waals surface area (Å²) in [7, 11) is 0. The van der Waals surface area contributed by atoms with Crippen LogP contribution in [0.2, 0.25) is 0 Å². The third kappa shape index (κ3) is 4.35. The summed E-state index contributed by atoms with van der Waals surface area (Å²) in [5, 5.41) is 22.7. The Hall–Kier alpha value is -3.48. The number of aryl methyl sites for hydroxylation is 1. The van der Waals surface area contributed by atoms with Gasteiger partial charge in [0.1, 0.15) is 17.5 Å². The fourth-order valence-electron chi connectivity index (χ4n) is 3.89. The minimum Gasteiger partial charge on any atom is -0.339 e. The van der Waals surface area contributed by atoms with E-state index in [-0.39, 0.29) is 17.9 Å². The first-order valence-corrected chi connectivity index (χ1v) is 10.5. The maximum Gasteiger partial charge on any atom is 0.229 e. The second-order valence-electron chi connectivity index (χ2n) is 7.55. The first-order chi connectivity index (χ1) is 15.1. The molecule has 2 aliphatic rings. The van der Waals surface area contributed by atoms with Gasteiger partial charge in [-0.3, -0.25) is 10.1 Å². The lowest BCUT2D eigenvalue weighted by Crippen LogP contribution is -2.49. The van der Waals surface area contributed by atoms with Crippen LogP contribution >= 0.6 is 0 Å². The number of fused-ring (bicyclic) bond motifs is 1. The third-order valence-corrected chi connectivity index (χ3v) is 5.40. The Morgan fingerprint density at radius 2 is 2.19 bits per heavy atom. The summed E-state index contributed by atoms with van der Waals surface area (Å²) in [6, 6.07) is 10.3. The van der Waals surface area contributed by atoms with Crippen LogP contribution in [0.3, 0.4) is 0 Å². The number of para-hydroxylation sites is 2. The second kappa shape index (κ2) is 9.12. The van der Waals surface area contributed by atoms with Gasteiger partial charge in [0.15, 0.2) is 0 Å². The molecule has 1 unspecified atom stereocenters. The molecule has 1 atom stereocenters. The molecule has 2 aromatic rings. The van der Waals surface area contributed by atoms with Gasteiger partial charge in [-0.2, -0.15) is 5.26 Å². The van der Waals surface area contributed by atoms with E-state index >= 15 is 0 Å². The Morgan fingerprint density at radius 3 is 2.94 bits per heavy atom. The molecule has 0 spiro atoms. The molecule has 1 aromatic heterocycles. The van der Waals surface area contributed by atoms with Gasteiger partial charge >= 0.3 is 0 Å². The largest absolute Gasteiger partial charge is 0.339 e. The van der Waals surface area contributed by atoms with Gasteiger partial charge in [-0.25, -0.2) is 9.97 Å². The fraction of sp³-hybridized carbons (Fsp3) is 0.364. The van der Waals surface area contributed by atoms with Crippen molar-refractivity contribution >= 4 is 28.8 Å². The number of amides is 1. The van der Waals surface area contributed by atoms with Crippen LogP contribution < -0.4 is 26.2 Å². The quantitative estimate of drug-likeness (QED) is 0.543. The Balaban J connectivity index is 1.60. The summed E-state index contributed by atoms with van der Waals surface area (Å²) in [5.41, 5.74) is 3.63. The molecule has 3 heterocycles. The summed E-state index contributed by atoms with van der Waals surface area (Å²) in [6.07, 6.45) is 1.96. The molecular weight excluding hydrogens is 392 g/mol. The summed E-state index contributed by atoms with van der Waals surface area (Å²) in [6.45, 7) is 7.07. The van der Waals surface area contributed by atoms with Gasteiger partial charge in [0, 0.05) is 44.8 Å². The topological polar surface area (TPSA) is 118 Å². The van der Waals surface area contributed by atoms with Gasteiger partial charge in [-0.1, -0.05) is 12.1 Å². The Kier molecular flexibility index (Phi) is 6.11. The highest BCUT2D eigenvalue weighted by Crippen LogP contribution is 2.38. The molecule has 1 aromatic carbocycles. The number of carbonyl (C=O) groups excluding carboxylic acids is 1. The smallest absolute Gasteiger partial charge is 0.229 e. The standard InChI is InChI=1S/C22H26N8O/c1-3-30-18-7-5-4-6-17(18)27-21(30)16(11-23)20-14(2)12-26-22(29-20)28-19(31)10-15-13-24-8-9-25-15/h4-7,12,15,24-25,27H,3,8-10,13H2,1-2H3,(H,26,28,29,31)/b21-16+. The van der Waals surface area contributed by atoms with Gasteiger partial charge in [0.25, 0.3) is 0 Å². The molecule has 1 amide bonds. The number of nitriles is 1. The summed E-state index contributed by atoms with van der Waals surface area (Å²) < 4.78 is 0. The lowest BCUT2D eigenvalue weighted by Gasteiger charge is -2.23. The second-order valence-corrected chi connectivity index (χ2v) is 7.55. The van der Waals surface area contributed by atoms with Crippen molar-refractivity contribution in [2.75, 3.05) is 41.7 Å². The monoisotopic (exact) mass is 418 g/mol. The SMILES string of the molecule is CCN1/C(=C(\C#N)c2nc(NC(=O)CC3CNCCN3)ncc2C)Nc2ccccc21. The molecular formula is C22H26N8O. The molecule has 160 valence electrons. The van der Waals surface area contributed by atoms with Crippen molar-refractivity contribution in [1.82, 2.24) is 20.6 Å². The van der Waals surface area contributed by atoms with E-state index in [0.29, 0.717) is 30.1 Å². The van der Waals surface area contributed by atoms with E-state index in [1.807, 2.05) is 38.1 Å². The molecule has 2 aliphatic heterocycles. The van der Waals surface area contributed by atoms with E-state index in [4.69, 9.17) is 0 Å². The number of benzene rings is 1. The van der Waals surface area contributed by atoms with Crippen molar-refractivity contribution < 1.29 is 4.79 Å². The summed E-state index contributed by atoms with van der Waals surface area (Å²) in [4.78, 5) is 23.3. The number of carbonyl (C=O) groups is 1. The van der Waals surface area contributed by atoms with Gasteiger partial charge in [-0.15, -0.1) is 0 Å². The zero-order chi connectivity index (χ0) is 21.8. The molecule has 0 aliphatic carbocycles. The first-order valence-electron chi connectivity index (χ1n) is 10.5. The van der Waals surface area contributed by atoms with Crippen LogP contribution in [0.15, 0.2) is 36.3 Å². The Labute approximate surface area is 181 Å². The number of nitrogens with zero attached hydrogens (tertiary/aromatic N) is 4. The molecule has 1 fully saturated rings. The number of nitrogens with one attached hydrogen (secondary N) is 4. The van der Waals surface area contributed by atoms with E-state index in [1.165, 1.54) is 0 Å². The van der Waals surface area contributed by atoms with Gasteiger partial charge in [0.2, 0.25) is 11.9 Å². The predicted molar refractivity (Wildman–Crippen MR) is 120 cm³/mol. The van der Waals surface area contributed by atoms with Gasteiger partial charge in [-0.05, 0) is 31.5 Å². The number of anilines is 3. The predicted octanol–water partition coefficient (Wildman–Crippen LogP) is 1.82. The van der Waals surface area contributed by atoms with Crippen molar-refractivity contribution in [3.63, 3.8) is 0 Å². The Bertz CT molecular complexity index is 1050. The average Bonchev–Trinajstić information content (AvgIpc) is 3.15. The fourth-order valence-corrected chi connectivity index (χ4v) is 3.89. The van der Waals surface area contributed by atoms with E-state index in [9.17, 15) is 10.1 Å². The average molecular weight is 419 g/mol. The van der Waals surface area contributed by atoms with Crippen molar-refractivity contribution in [3.8, 4) is 6.07 Å². The lowest BCUT2D eigenvalue weighted by molar-refractivity contribution is -0.116. The van der Waals surface area contributed by atoms with Crippen molar-refractivity contribution in [2.45, 2.75) is 26.3 Å². The first kappa shape index (κ1) is 20.8. The molecule has 0 radical (unpaired) electrons. The van der Waals surface area contributed by atoms with Crippen LogP contribution in [-0.4, -0.2) is 48.1 Å². The van der Waals surface area contributed by atoms with Gasteiger partial charge in [0.05, 0.1) is 17.1 Å². The van der Waals surface area contributed by atoms with E-state index in [2.05, 4.69) is 42.2 Å².